The van der Waals surface area contributed by atoms with Gasteiger partial charge in [-0.3, -0.25) is 9.97 Å². The van der Waals surface area contributed by atoms with Crippen molar-refractivity contribution in [2.24, 2.45) is 0 Å². The molecule has 3 heterocycles. The van der Waals surface area contributed by atoms with Crippen LogP contribution < -0.4 is 0 Å². The summed E-state index contributed by atoms with van der Waals surface area (Å²) in [6, 6.07) is 54.7. The van der Waals surface area contributed by atoms with E-state index < -0.39 is 0 Å². The van der Waals surface area contributed by atoms with Gasteiger partial charge in [0, 0.05) is 33.0 Å². The largest absolute Gasteiger partial charge is 0.252 e. The summed E-state index contributed by atoms with van der Waals surface area (Å²) in [5, 5.41) is 4.47. The molecule has 0 aliphatic rings. The average Bonchev–Trinajstić information content (AvgIpc) is 3.18. The Kier molecular flexibility index (Phi) is 6.76. The van der Waals surface area contributed by atoms with Gasteiger partial charge in [0.2, 0.25) is 0 Å². The lowest BCUT2D eigenvalue weighted by Crippen LogP contribution is -1.92. The van der Waals surface area contributed by atoms with Crippen molar-refractivity contribution >= 4 is 32.6 Å². The van der Waals surface area contributed by atoms with Crippen molar-refractivity contribution in [2.75, 3.05) is 0 Å². The molecule has 0 saturated carbocycles. The minimum absolute atomic E-state index is 0.855. The molecule has 0 atom stereocenters. The van der Waals surface area contributed by atoms with Crippen LogP contribution in [0.1, 0.15) is 0 Å². The van der Waals surface area contributed by atoms with Gasteiger partial charge in [-0.15, -0.1) is 0 Å². The normalized spacial score (nSPS) is 11.3. The minimum atomic E-state index is 0.855. The molecule has 9 aromatic rings. The molecule has 0 N–H and O–H groups in total. The highest BCUT2D eigenvalue weighted by atomic mass is 14.8. The molecular weight excluding hydrogens is 585 g/mol. The summed E-state index contributed by atoms with van der Waals surface area (Å²) >= 11 is 0. The number of pyridine rings is 2. The van der Waals surface area contributed by atoms with Crippen LogP contribution in [0.4, 0.5) is 0 Å². The van der Waals surface area contributed by atoms with Gasteiger partial charge in [-0.25, -0.2) is 9.97 Å². The first-order valence-electron chi connectivity index (χ1n) is 16.0. The third kappa shape index (κ3) is 4.97. The molecule has 3 aromatic heterocycles. The zero-order chi connectivity index (χ0) is 31.9. The first-order valence-corrected chi connectivity index (χ1v) is 16.0. The maximum absolute atomic E-state index is 5.16. The van der Waals surface area contributed by atoms with Crippen molar-refractivity contribution in [3.8, 4) is 56.2 Å². The van der Waals surface area contributed by atoms with E-state index in [0.29, 0.717) is 0 Å². The van der Waals surface area contributed by atoms with Gasteiger partial charge >= 0.3 is 0 Å². The van der Waals surface area contributed by atoms with E-state index in [2.05, 4.69) is 121 Å². The maximum atomic E-state index is 5.16. The standard InChI is InChI=1S/C44H28N4/c1-3-9-30(10-4-1)39-25-21-33-19-20-34-22-26-40(48-44(34)43(33)47-39)32-17-15-29(16-18-32)35-23-24-38(37-14-8-7-13-36(35)37)42-28-45-41(27-46-42)31-11-5-2-6-12-31/h1-28H. The molecule has 4 heteroatoms. The lowest BCUT2D eigenvalue weighted by molar-refractivity contribution is 1.21. The van der Waals surface area contributed by atoms with Gasteiger partial charge < -0.3 is 0 Å². The van der Waals surface area contributed by atoms with Crippen LogP contribution in [0.25, 0.3) is 88.7 Å². The van der Waals surface area contributed by atoms with Crippen LogP contribution >= 0.6 is 0 Å². The predicted molar refractivity (Wildman–Crippen MR) is 197 cm³/mol. The molecular formula is C44H28N4. The minimum Gasteiger partial charge on any atom is -0.252 e. The third-order valence-corrected chi connectivity index (χ3v) is 9.00. The number of hydrogen-bond acceptors (Lipinski definition) is 4. The highest BCUT2D eigenvalue weighted by molar-refractivity contribution is 6.05. The van der Waals surface area contributed by atoms with Gasteiger partial charge in [0.25, 0.3) is 0 Å². The van der Waals surface area contributed by atoms with Crippen LogP contribution in [0.5, 0.6) is 0 Å². The van der Waals surface area contributed by atoms with E-state index in [1.165, 1.54) is 10.9 Å². The molecule has 0 unspecified atom stereocenters. The summed E-state index contributed by atoms with van der Waals surface area (Å²) in [5.74, 6) is 0. The Balaban J connectivity index is 1.07. The number of fused-ring (bicyclic) bond motifs is 4. The number of benzene rings is 6. The molecule has 0 aliphatic heterocycles. The van der Waals surface area contributed by atoms with Gasteiger partial charge in [0.1, 0.15) is 0 Å². The second kappa shape index (κ2) is 11.7. The smallest absolute Gasteiger partial charge is 0.0972 e. The molecule has 0 radical (unpaired) electrons. The number of aromatic nitrogens is 4. The highest BCUT2D eigenvalue weighted by Crippen LogP contribution is 2.36. The van der Waals surface area contributed by atoms with Crippen molar-refractivity contribution in [1.29, 1.82) is 0 Å². The maximum Gasteiger partial charge on any atom is 0.0972 e. The first kappa shape index (κ1) is 27.8. The Morgan fingerprint density at radius 1 is 0.292 bits per heavy atom. The van der Waals surface area contributed by atoms with E-state index in [1.54, 1.807) is 0 Å². The molecule has 9 rings (SSSR count). The van der Waals surface area contributed by atoms with Crippen LogP contribution in [0.15, 0.2) is 170 Å². The lowest BCUT2D eigenvalue weighted by atomic mass is 9.93. The van der Waals surface area contributed by atoms with E-state index in [-0.39, 0.29) is 0 Å². The number of hydrogen-bond donors (Lipinski definition) is 0. The van der Waals surface area contributed by atoms with Crippen molar-refractivity contribution < 1.29 is 0 Å². The van der Waals surface area contributed by atoms with E-state index >= 15 is 0 Å². The number of nitrogens with zero attached hydrogens (tertiary/aromatic N) is 4. The molecule has 224 valence electrons. The van der Waals surface area contributed by atoms with E-state index in [9.17, 15) is 0 Å². The quantitative estimate of drug-likeness (QED) is 0.181. The molecule has 0 amide bonds. The van der Waals surface area contributed by atoms with Crippen molar-refractivity contribution in [3.63, 3.8) is 0 Å². The lowest BCUT2D eigenvalue weighted by Gasteiger charge is -2.12. The molecule has 0 fully saturated rings. The summed E-state index contributed by atoms with van der Waals surface area (Å²) in [6.07, 6.45) is 3.73. The van der Waals surface area contributed by atoms with Gasteiger partial charge in [0.05, 0.1) is 46.2 Å². The zero-order valence-corrected chi connectivity index (χ0v) is 26.0. The van der Waals surface area contributed by atoms with Crippen LogP contribution in [0, 0.1) is 0 Å². The first-order chi connectivity index (χ1) is 23.8. The van der Waals surface area contributed by atoms with Gasteiger partial charge in [-0.2, -0.15) is 0 Å². The molecule has 48 heavy (non-hydrogen) atoms. The monoisotopic (exact) mass is 612 g/mol. The average molecular weight is 613 g/mol. The summed E-state index contributed by atoms with van der Waals surface area (Å²) in [6.45, 7) is 0. The molecule has 6 aromatic carbocycles. The van der Waals surface area contributed by atoms with Gasteiger partial charge in [0.15, 0.2) is 0 Å². The summed E-state index contributed by atoms with van der Waals surface area (Å²) in [4.78, 5) is 19.8. The second-order valence-corrected chi connectivity index (χ2v) is 11.9. The molecule has 0 aliphatic carbocycles. The third-order valence-electron chi connectivity index (χ3n) is 9.00. The van der Waals surface area contributed by atoms with Crippen LogP contribution in [0.2, 0.25) is 0 Å². The molecule has 0 saturated heterocycles. The number of rotatable bonds is 5. The van der Waals surface area contributed by atoms with Crippen molar-refractivity contribution in [3.05, 3.63) is 170 Å². The fourth-order valence-corrected chi connectivity index (χ4v) is 6.52. The topological polar surface area (TPSA) is 51.6 Å². The van der Waals surface area contributed by atoms with Crippen molar-refractivity contribution in [2.45, 2.75) is 0 Å². The molecule has 0 bridgehead atoms. The summed E-state index contributed by atoms with van der Waals surface area (Å²) in [5.41, 5.74) is 12.0. The Morgan fingerprint density at radius 2 is 0.729 bits per heavy atom. The van der Waals surface area contributed by atoms with E-state index in [4.69, 9.17) is 19.9 Å². The van der Waals surface area contributed by atoms with Gasteiger partial charge in [-0.05, 0) is 34.0 Å². The molecule has 4 nitrogen and oxygen atoms in total. The zero-order valence-electron chi connectivity index (χ0n) is 26.0. The van der Waals surface area contributed by atoms with Crippen LogP contribution in [-0.4, -0.2) is 19.9 Å². The van der Waals surface area contributed by atoms with E-state index in [0.717, 1.165) is 77.8 Å². The molecule has 0 spiro atoms. The highest BCUT2D eigenvalue weighted by Gasteiger charge is 2.13. The fraction of sp³-hybridized carbons (Fsp3) is 0. The van der Waals surface area contributed by atoms with E-state index in [1.807, 2.05) is 48.8 Å². The van der Waals surface area contributed by atoms with Gasteiger partial charge in [-0.1, -0.05) is 146 Å². The summed E-state index contributed by atoms with van der Waals surface area (Å²) in [7, 11) is 0. The second-order valence-electron chi connectivity index (χ2n) is 11.9. The van der Waals surface area contributed by atoms with Crippen LogP contribution in [0.3, 0.4) is 0 Å². The van der Waals surface area contributed by atoms with Crippen LogP contribution in [-0.2, 0) is 0 Å². The Bertz CT molecular complexity index is 2580. The predicted octanol–water partition coefficient (Wildman–Crippen LogP) is 11.1. The SMILES string of the molecule is c1ccc(-c2cnc(-c3ccc(-c4ccc(-c5ccc6ccc7ccc(-c8ccccc8)nc7c6n5)cc4)c4ccccc34)cn2)cc1. The Morgan fingerprint density at radius 3 is 1.31 bits per heavy atom. The Labute approximate surface area is 278 Å². The van der Waals surface area contributed by atoms with Crippen molar-refractivity contribution in [1.82, 2.24) is 19.9 Å². The Hall–Kier alpha value is -6.52. The summed E-state index contributed by atoms with van der Waals surface area (Å²) < 4.78 is 0. The fourth-order valence-electron chi connectivity index (χ4n) is 6.52.